The summed E-state index contributed by atoms with van der Waals surface area (Å²) in [7, 11) is 0. The van der Waals surface area contributed by atoms with Gasteiger partial charge in [-0.15, -0.1) is 0 Å². The summed E-state index contributed by atoms with van der Waals surface area (Å²) < 4.78 is 39.2. The summed E-state index contributed by atoms with van der Waals surface area (Å²) in [5.74, 6) is -1.33. The summed E-state index contributed by atoms with van der Waals surface area (Å²) in [4.78, 5) is 11.3. The van der Waals surface area contributed by atoms with E-state index in [1.54, 1.807) is 0 Å². The summed E-state index contributed by atoms with van der Waals surface area (Å²) in [5, 5.41) is 12.5. The molecule has 10 heteroatoms. The number of carboxylic acids is 1. The van der Waals surface area contributed by atoms with E-state index in [0.29, 0.717) is 17.8 Å². The molecular formula is C12H6BrCl2F3N2O2. The second-order valence-corrected chi connectivity index (χ2v) is 5.86. The molecule has 0 spiro atoms. The number of nitrogens with zero attached hydrogens (tertiary/aromatic N) is 2. The summed E-state index contributed by atoms with van der Waals surface area (Å²) in [6.45, 7) is 1.53. The number of aromatic carboxylic acids is 1. The van der Waals surface area contributed by atoms with Crippen molar-refractivity contribution in [3.63, 3.8) is 0 Å². The summed E-state index contributed by atoms with van der Waals surface area (Å²) in [6, 6.07) is 1.33. The maximum atomic E-state index is 12.7. The molecule has 0 aliphatic carbocycles. The molecule has 1 N–H and O–H groups in total. The number of carboxylic acid groups (broad SMARTS) is 1. The molecule has 0 aliphatic rings. The highest BCUT2D eigenvalue weighted by Crippen LogP contribution is 2.38. The number of alkyl halides is 3. The minimum Gasteiger partial charge on any atom is -0.476 e. The van der Waals surface area contributed by atoms with E-state index in [9.17, 15) is 23.1 Å². The van der Waals surface area contributed by atoms with E-state index >= 15 is 0 Å². The van der Waals surface area contributed by atoms with Gasteiger partial charge < -0.3 is 5.11 Å². The average molecular weight is 418 g/mol. The van der Waals surface area contributed by atoms with Gasteiger partial charge in [0.15, 0.2) is 5.69 Å². The van der Waals surface area contributed by atoms with E-state index in [0.717, 1.165) is 4.68 Å². The van der Waals surface area contributed by atoms with Crippen LogP contribution in [0.3, 0.4) is 0 Å². The lowest BCUT2D eigenvalue weighted by atomic mass is 10.2. The molecule has 0 amide bonds. The number of aryl methyl sites for hydroxylation is 1. The first-order valence-electron chi connectivity index (χ1n) is 5.59. The van der Waals surface area contributed by atoms with Gasteiger partial charge in [0.05, 0.1) is 25.8 Å². The first-order valence-corrected chi connectivity index (χ1v) is 7.14. The van der Waals surface area contributed by atoms with E-state index < -0.39 is 17.7 Å². The lowest BCUT2D eigenvalue weighted by molar-refractivity contribution is -0.137. The van der Waals surface area contributed by atoms with Gasteiger partial charge in [-0.3, -0.25) is 0 Å². The van der Waals surface area contributed by atoms with Crippen LogP contribution in [0.2, 0.25) is 10.0 Å². The van der Waals surface area contributed by atoms with Crippen molar-refractivity contribution >= 4 is 45.1 Å². The molecule has 0 atom stereocenters. The molecule has 0 fully saturated rings. The van der Waals surface area contributed by atoms with E-state index in [2.05, 4.69) is 21.0 Å². The third-order valence-corrected chi connectivity index (χ3v) is 4.27. The standard InChI is InChI=1S/C12H6BrCl2F3N2O2/c1-4-8(13)10(11(21)22)20(19-4)9-6(14)2-5(3-7(9)15)12(16,17)18/h2-3H,1H3,(H,21,22). The van der Waals surface area contributed by atoms with Crippen LogP contribution >= 0.6 is 39.1 Å². The van der Waals surface area contributed by atoms with Gasteiger partial charge in [-0.05, 0) is 35.0 Å². The van der Waals surface area contributed by atoms with Crippen molar-refractivity contribution in [2.24, 2.45) is 0 Å². The van der Waals surface area contributed by atoms with Crippen molar-refractivity contribution in [3.8, 4) is 5.69 Å². The molecule has 1 heterocycles. The second-order valence-electron chi connectivity index (χ2n) is 4.25. The maximum Gasteiger partial charge on any atom is 0.416 e. The Bertz CT molecular complexity index is 751. The molecule has 2 aromatic rings. The van der Waals surface area contributed by atoms with Gasteiger partial charge in [0.2, 0.25) is 0 Å². The van der Waals surface area contributed by atoms with Gasteiger partial charge in [0, 0.05) is 0 Å². The van der Waals surface area contributed by atoms with E-state index in [-0.39, 0.29) is 25.9 Å². The number of halogens is 6. The van der Waals surface area contributed by atoms with Crippen LogP contribution in [-0.4, -0.2) is 20.9 Å². The Hall–Kier alpha value is -1.25. The van der Waals surface area contributed by atoms with Crippen molar-refractivity contribution in [2.45, 2.75) is 13.1 Å². The first-order chi connectivity index (χ1) is 10.0. The fourth-order valence-electron chi connectivity index (χ4n) is 1.79. The number of hydrogen-bond donors (Lipinski definition) is 1. The number of hydrogen-bond acceptors (Lipinski definition) is 2. The van der Waals surface area contributed by atoms with Crippen LogP contribution in [0.5, 0.6) is 0 Å². The van der Waals surface area contributed by atoms with Crippen LogP contribution in [0, 0.1) is 6.92 Å². The topological polar surface area (TPSA) is 55.1 Å². The molecule has 0 saturated carbocycles. The highest BCUT2D eigenvalue weighted by atomic mass is 79.9. The molecule has 0 aliphatic heterocycles. The third kappa shape index (κ3) is 2.95. The molecule has 0 unspecified atom stereocenters. The van der Waals surface area contributed by atoms with Gasteiger partial charge >= 0.3 is 12.1 Å². The largest absolute Gasteiger partial charge is 0.476 e. The monoisotopic (exact) mass is 416 g/mol. The molecule has 1 aromatic carbocycles. The second kappa shape index (κ2) is 5.75. The molecular weight excluding hydrogens is 412 g/mol. The Morgan fingerprint density at radius 1 is 1.32 bits per heavy atom. The van der Waals surface area contributed by atoms with Gasteiger partial charge in [-0.25, -0.2) is 9.48 Å². The molecule has 0 radical (unpaired) electrons. The van der Waals surface area contributed by atoms with E-state index in [1.165, 1.54) is 6.92 Å². The van der Waals surface area contributed by atoms with Crippen LogP contribution in [0.25, 0.3) is 5.69 Å². The normalized spacial score (nSPS) is 11.8. The van der Waals surface area contributed by atoms with Crippen LogP contribution < -0.4 is 0 Å². The zero-order chi connectivity index (χ0) is 16.8. The SMILES string of the molecule is Cc1nn(-c2c(Cl)cc(C(F)(F)F)cc2Cl)c(C(=O)O)c1Br. The molecule has 1 aromatic heterocycles. The van der Waals surface area contributed by atoms with Gasteiger partial charge in [0.25, 0.3) is 0 Å². The van der Waals surface area contributed by atoms with Gasteiger partial charge in [0.1, 0.15) is 5.69 Å². The molecule has 2 rings (SSSR count). The number of benzene rings is 1. The van der Waals surface area contributed by atoms with E-state index in [4.69, 9.17) is 23.2 Å². The van der Waals surface area contributed by atoms with E-state index in [1.807, 2.05) is 0 Å². The zero-order valence-corrected chi connectivity index (χ0v) is 13.8. The predicted molar refractivity (Wildman–Crippen MR) is 78.0 cm³/mol. The molecule has 0 bridgehead atoms. The molecule has 118 valence electrons. The van der Waals surface area contributed by atoms with Crippen molar-refractivity contribution in [1.82, 2.24) is 9.78 Å². The quantitative estimate of drug-likeness (QED) is 0.750. The Labute approximate surface area is 140 Å². The van der Waals surface area contributed by atoms with Crippen molar-refractivity contribution < 1.29 is 23.1 Å². The minimum absolute atomic E-state index is 0.137. The molecule has 0 saturated heterocycles. The highest BCUT2D eigenvalue weighted by molar-refractivity contribution is 9.10. The Morgan fingerprint density at radius 3 is 2.23 bits per heavy atom. The van der Waals surface area contributed by atoms with Crippen LogP contribution in [0.15, 0.2) is 16.6 Å². The Kier molecular flexibility index (Phi) is 4.47. The lowest BCUT2D eigenvalue weighted by Gasteiger charge is -2.13. The van der Waals surface area contributed by atoms with Crippen molar-refractivity contribution in [2.75, 3.05) is 0 Å². The van der Waals surface area contributed by atoms with Gasteiger partial charge in [-0.2, -0.15) is 18.3 Å². The summed E-state index contributed by atoms with van der Waals surface area (Å²) in [6.07, 6.45) is -4.62. The molecule has 4 nitrogen and oxygen atoms in total. The predicted octanol–water partition coefficient (Wildman–Crippen LogP) is 4.97. The van der Waals surface area contributed by atoms with Crippen LogP contribution in [0.4, 0.5) is 13.2 Å². The third-order valence-electron chi connectivity index (χ3n) is 2.75. The van der Waals surface area contributed by atoms with Crippen molar-refractivity contribution in [1.29, 1.82) is 0 Å². The fourth-order valence-corrected chi connectivity index (χ4v) is 2.85. The summed E-state index contributed by atoms with van der Waals surface area (Å²) in [5.41, 5.74) is -1.14. The van der Waals surface area contributed by atoms with Crippen LogP contribution in [0.1, 0.15) is 21.7 Å². The number of aromatic nitrogens is 2. The van der Waals surface area contributed by atoms with Gasteiger partial charge in [-0.1, -0.05) is 23.2 Å². The van der Waals surface area contributed by atoms with Crippen molar-refractivity contribution in [3.05, 3.63) is 43.6 Å². The Balaban J connectivity index is 2.75. The fraction of sp³-hybridized carbons (Fsp3) is 0.167. The lowest BCUT2D eigenvalue weighted by Crippen LogP contribution is -2.11. The summed E-state index contributed by atoms with van der Waals surface area (Å²) >= 11 is 14.8. The number of rotatable bonds is 2. The van der Waals surface area contributed by atoms with Crippen LogP contribution in [-0.2, 0) is 6.18 Å². The zero-order valence-electron chi connectivity index (χ0n) is 10.7. The minimum atomic E-state index is -4.62. The Morgan fingerprint density at radius 2 is 1.82 bits per heavy atom. The maximum absolute atomic E-state index is 12.7. The first kappa shape index (κ1) is 17.1. The number of carbonyl (C=O) groups is 1. The highest BCUT2D eigenvalue weighted by Gasteiger charge is 2.33. The molecule has 22 heavy (non-hydrogen) atoms. The average Bonchev–Trinajstić information content (AvgIpc) is 2.63. The smallest absolute Gasteiger partial charge is 0.416 e.